The molecule has 0 N–H and O–H groups in total. The Morgan fingerprint density at radius 1 is 1.58 bits per heavy atom. The number of rotatable bonds is 3. The lowest BCUT2D eigenvalue weighted by atomic mass is 10.2. The number of aryl methyl sites for hydroxylation is 1. The summed E-state index contributed by atoms with van der Waals surface area (Å²) in [6, 6.07) is 2.16. The molecule has 19 heavy (non-hydrogen) atoms. The maximum atomic E-state index is 12.5. The number of amides is 1. The molecule has 0 bridgehead atoms. The number of aromatic nitrogens is 3. The van der Waals surface area contributed by atoms with E-state index in [4.69, 9.17) is 0 Å². The molecular weight excluding hydrogens is 260 g/mol. The van der Waals surface area contributed by atoms with Gasteiger partial charge < -0.3 is 4.90 Å². The van der Waals surface area contributed by atoms with E-state index in [1.807, 2.05) is 28.8 Å². The van der Waals surface area contributed by atoms with Crippen LogP contribution in [-0.4, -0.2) is 38.2 Å². The fraction of sp³-hybridized carbons (Fsp3) is 0.462. The second-order valence-electron chi connectivity index (χ2n) is 4.79. The number of nitrogens with zero attached hydrogens (tertiary/aromatic N) is 4. The van der Waals surface area contributed by atoms with Gasteiger partial charge in [-0.3, -0.25) is 9.48 Å². The van der Waals surface area contributed by atoms with Gasteiger partial charge in [0.25, 0.3) is 5.91 Å². The molecule has 1 saturated heterocycles. The van der Waals surface area contributed by atoms with Crippen molar-refractivity contribution in [2.45, 2.75) is 32.4 Å². The molecule has 0 radical (unpaired) electrons. The van der Waals surface area contributed by atoms with E-state index in [2.05, 4.69) is 10.1 Å². The predicted octanol–water partition coefficient (Wildman–Crippen LogP) is 1.95. The Morgan fingerprint density at radius 2 is 2.47 bits per heavy atom. The average Bonchev–Trinajstić information content (AvgIpc) is 3.10. The van der Waals surface area contributed by atoms with Crippen LogP contribution in [0.15, 0.2) is 24.0 Å². The van der Waals surface area contributed by atoms with Crippen molar-refractivity contribution in [3.63, 3.8) is 0 Å². The molecule has 1 amide bonds. The summed E-state index contributed by atoms with van der Waals surface area (Å²) in [5.41, 5.74) is 2.57. The maximum Gasteiger partial charge on any atom is 0.266 e. The summed E-state index contributed by atoms with van der Waals surface area (Å²) in [5, 5.41) is 4.22. The Morgan fingerprint density at radius 3 is 3.16 bits per heavy atom. The van der Waals surface area contributed by atoms with Gasteiger partial charge in [-0.2, -0.15) is 5.10 Å². The number of thiazole rings is 1. The van der Waals surface area contributed by atoms with E-state index in [1.165, 1.54) is 11.3 Å². The van der Waals surface area contributed by atoms with Crippen LogP contribution in [0.2, 0.25) is 0 Å². The third kappa shape index (κ3) is 2.40. The topological polar surface area (TPSA) is 51.0 Å². The van der Waals surface area contributed by atoms with Crippen LogP contribution in [-0.2, 0) is 6.54 Å². The molecule has 1 atom stereocenters. The molecule has 5 nitrogen and oxygen atoms in total. The molecule has 1 aliphatic heterocycles. The van der Waals surface area contributed by atoms with Crippen molar-refractivity contribution in [3.8, 4) is 0 Å². The first-order chi connectivity index (χ1) is 9.25. The minimum atomic E-state index is 0.120. The van der Waals surface area contributed by atoms with Crippen molar-refractivity contribution in [1.82, 2.24) is 19.7 Å². The van der Waals surface area contributed by atoms with Crippen LogP contribution in [0, 0.1) is 6.92 Å². The van der Waals surface area contributed by atoms with Crippen LogP contribution in [0.5, 0.6) is 0 Å². The number of hydrogen-bond donors (Lipinski definition) is 0. The monoisotopic (exact) mass is 276 g/mol. The van der Waals surface area contributed by atoms with Crippen LogP contribution in [0.25, 0.3) is 0 Å². The first kappa shape index (κ1) is 12.3. The predicted molar refractivity (Wildman–Crippen MR) is 73.1 cm³/mol. The summed E-state index contributed by atoms with van der Waals surface area (Å²) in [5.74, 6) is 0.120. The van der Waals surface area contributed by atoms with Gasteiger partial charge in [0.1, 0.15) is 4.88 Å². The standard InChI is InChI=1S/C13H16N4OS/c1-10-12(19-9-14-10)13(18)17-7-2-4-11(17)8-16-6-3-5-15-16/h3,5-6,9,11H,2,4,7-8H2,1H3/t11-/m0/s1. The van der Waals surface area contributed by atoms with Crippen molar-refractivity contribution < 1.29 is 4.79 Å². The molecular formula is C13H16N4OS. The van der Waals surface area contributed by atoms with Crippen molar-refractivity contribution in [3.05, 3.63) is 34.5 Å². The van der Waals surface area contributed by atoms with Gasteiger partial charge in [-0.1, -0.05) is 0 Å². The van der Waals surface area contributed by atoms with Gasteiger partial charge in [0.15, 0.2) is 0 Å². The molecule has 0 saturated carbocycles. The SMILES string of the molecule is Cc1ncsc1C(=O)N1CCC[C@H]1Cn1cccn1. The van der Waals surface area contributed by atoms with Crippen molar-refractivity contribution in [2.75, 3.05) is 6.54 Å². The van der Waals surface area contributed by atoms with Crippen molar-refractivity contribution in [2.24, 2.45) is 0 Å². The van der Waals surface area contributed by atoms with Crippen molar-refractivity contribution in [1.29, 1.82) is 0 Å². The molecule has 0 unspecified atom stereocenters. The fourth-order valence-electron chi connectivity index (χ4n) is 2.55. The smallest absolute Gasteiger partial charge is 0.266 e. The van der Waals surface area contributed by atoms with E-state index in [9.17, 15) is 4.79 Å². The summed E-state index contributed by atoms with van der Waals surface area (Å²) in [4.78, 5) is 19.4. The van der Waals surface area contributed by atoms with Gasteiger partial charge in [0, 0.05) is 18.9 Å². The third-order valence-electron chi connectivity index (χ3n) is 3.53. The minimum Gasteiger partial charge on any atom is -0.333 e. The Bertz CT molecular complexity index is 563. The highest BCUT2D eigenvalue weighted by Crippen LogP contribution is 2.24. The second-order valence-corrected chi connectivity index (χ2v) is 5.64. The first-order valence-corrected chi connectivity index (χ1v) is 7.32. The van der Waals surface area contributed by atoms with Crippen LogP contribution in [0.3, 0.4) is 0 Å². The van der Waals surface area contributed by atoms with Crippen molar-refractivity contribution >= 4 is 17.2 Å². The summed E-state index contributed by atoms with van der Waals surface area (Å²) >= 11 is 1.43. The fourth-order valence-corrected chi connectivity index (χ4v) is 3.31. The van der Waals surface area contributed by atoms with Gasteiger partial charge >= 0.3 is 0 Å². The number of carbonyl (C=O) groups excluding carboxylic acids is 1. The number of hydrogen-bond acceptors (Lipinski definition) is 4. The lowest BCUT2D eigenvalue weighted by molar-refractivity contribution is 0.0725. The van der Waals surface area contributed by atoms with Crippen LogP contribution in [0.4, 0.5) is 0 Å². The van der Waals surface area contributed by atoms with E-state index in [1.54, 1.807) is 11.7 Å². The van der Waals surface area contributed by atoms with E-state index < -0.39 is 0 Å². The van der Waals surface area contributed by atoms with Gasteiger partial charge in [-0.25, -0.2) is 4.98 Å². The van der Waals surface area contributed by atoms with Gasteiger partial charge in [-0.05, 0) is 25.8 Å². The summed E-state index contributed by atoms with van der Waals surface area (Å²) in [6.07, 6.45) is 5.83. The maximum absolute atomic E-state index is 12.5. The van der Waals surface area contributed by atoms with E-state index in [0.29, 0.717) is 0 Å². The summed E-state index contributed by atoms with van der Waals surface area (Å²) in [6.45, 7) is 3.50. The Hall–Kier alpha value is -1.69. The summed E-state index contributed by atoms with van der Waals surface area (Å²) in [7, 11) is 0. The zero-order valence-corrected chi connectivity index (χ0v) is 11.6. The van der Waals surface area contributed by atoms with E-state index in [0.717, 1.165) is 36.5 Å². The lowest BCUT2D eigenvalue weighted by Gasteiger charge is -2.24. The molecule has 2 aromatic rings. The van der Waals surface area contributed by atoms with Crippen LogP contribution >= 0.6 is 11.3 Å². The Labute approximate surface area is 115 Å². The average molecular weight is 276 g/mol. The molecule has 2 aromatic heterocycles. The van der Waals surface area contributed by atoms with Gasteiger partial charge in [-0.15, -0.1) is 11.3 Å². The van der Waals surface area contributed by atoms with Crippen LogP contribution < -0.4 is 0 Å². The Balaban J connectivity index is 1.76. The molecule has 0 aromatic carbocycles. The highest BCUT2D eigenvalue weighted by molar-refractivity contribution is 7.11. The normalized spacial score (nSPS) is 19.0. The zero-order valence-electron chi connectivity index (χ0n) is 10.8. The number of likely N-dealkylation sites (tertiary alicyclic amines) is 1. The quantitative estimate of drug-likeness (QED) is 0.861. The van der Waals surface area contributed by atoms with E-state index >= 15 is 0 Å². The first-order valence-electron chi connectivity index (χ1n) is 6.44. The lowest BCUT2D eigenvalue weighted by Crippen LogP contribution is -2.38. The Kier molecular flexibility index (Phi) is 3.33. The van der Waals surface area contributed by atoms with Gasteiger partial charge in [0.2, 0.25) is 0 Å². The molecule has 1 fully saturated rings. The minimum absolute atomic E-state index is 0.120. The van der Waals surface area contributed by atoms with E-state index in [-0.39, 0.29) is 11.9 Å². The zero-order chi connectivity index (χ0) is 13.2. The molecule has 3 rings (SSSR count). The summed E-state index contributed by atoms with van der Waals surface area (Å²) < 4.78 is 1.90. The molecule has 6 heteroatoms. The highest BCUT2D eigenvalue weighted by Gasteiger charge is 2.31. The molecule has 0 aliphatic carbocycles. The molecule has 3 heterocycles. The number of carbonyl (C=O) groups is 1. The molecule has 100 valence electrons. The second kappa shape index (κ2) is 5.13. The van der Waals surface area contributed by atoms with Crippen LogP contribution in [0.1, 0.15) is 28.2 Å². The molecule has 1 aliphatic rings. The van der Waals surface area contributed by atoms with Gasteiger partial charge in [0.05, 0.1) is 23.8 Å². The highest BCUT2D eigenvalue weighted by atomic mass is 32.1. The largest absolute Gasteiger partial charge is 0.333 e. The third-order valence-corrected chi connectivity index (χ3v) is 4.45. The molecule has 0 spiro atoms.